The first-order valence-corrected chi connectivity index (χ1v) is 12.2. The van der Waals surface area contributed by atoms with Crippen LogP contribution in [-0.2, 0) is 13.0 Å². The number of carbonyl (C=O) groups is 1. The van der Waals surface area contributed by atoms with Crippen LogP contribution in [0, 0.1) is 19.8 Å². The van der Waals surface area contributed by atoms with Gasteiger partial charge in [0.15, 0.2) is 0 Å². The van der Waals surface area contributed by atoms with Gasteiger partial charge in [-0.15, -0.1) is 11.3 Å². The van der Waals surface area contributed by atoms with Crippen LogP contribution in [-0.4, -0.2) is 51.9 Å². The average Bonchev–Trinajstić information content (AvgIpc) is 3.16. The molecule has 1 fully saturated rings. The molecule has 32 heavy (non-hydrogen) atoms. The van der Waals surface area contributed by atoms with Crippen molar-refractivity contribution in [2.45, 2.75) is 45.7 Å². The van der Waals surface area contributed by atoms with Crippen LogP contribution in [0.5, 0.6) is 0 Å². The van der Waals surface area contributed by atoms with E-state index in [0.29, 0.717) is 12.0 Å². The standard InChI is InChI=1S/C26H32N4OS/c1-19-25(32-20(2)28-19)26(31)30-14-11-23(12-15-30)24(16-21-8-5-4-6-9-21)29(3)18-22-10-7-13-27-17-22/h4-10,13,17,23-24H,11-12,14-16,18H2,1-3H3. The minimum absolute atomic E-state index is 0.148. The second-order valence-electron chi connectivity index (χ2n) is 8.81. The van der Waals surface area contributed by atoms with Crippen LogP contribution in [0.4, 0.5) is 0 Å². The van der Waals surface area contributed by atoms with Crippen molar-refractivity contribution in [2.24, 2.45) is 5.92 Å². The van der Waals surface area contributed by atoms with E-state index < -0.39 is 0 Å². The number of carbonyl (C=O) groups excluding carboxylic acids is 1. The molecule has 0 aliphatic carbocycles. The number of thiazole rings is 1. The number of rotatable bonds is 7. The molecule has 4 rings (SSSR count). The lowest BCUT2D eigenvalue weighted by atomic mass is 9.84. The average molecular weight is 449 g/mol. The van der Waals surface area contributed by atoms with Gasteiger partial charge in [0.1, 0.15) is 4.88 Å². The number of nitrogens with zero attached hydrogens (tertiary/aromatic N) is 4. The lowest BCUT2D eigenvalue weighted by Gasteiger charge is -2.40. The Labute approximate surface area is 195 Å². The normalized spacial score (nSPS) is 15.8. The molecule has 0 radical (unpaired) electrons. The molecule has 1 aliphatic heterocycles. The number of pyridine rings is 1. The van der Waals surface area contributed by atoms with Crippen LogP contribution < -0.4 is 0 Å². The van der Waals surface area contributed by atoms with E-state index in [1.165, 1.54) is 22.5 Å². The predicted octanol–water partition coefficient (Wildman–Crippen LogP) is 4.75. The van der Waals surface area contributed by atoms with Gasteiger partial charge in [0, 0.05) is 38.1 Å². The molecule has 6 heteroatoms. The third-order valence-electron chi connectivity index (χ3n) is 6.48. The van der Waals surface area contributed by atoms with E-state index in [4.69, 9.17) is 0 Å². The number of hydrogen-bond acceptors (Lipinski definition) is 5. The first-order valence-electron chi connectivity index (χ1n) is 11.4. The van der Waals surface area contributed by atoms with Gasteiger partial charge < -0.3 is 4.90 Å². The van der Waals surface area contributed by atoms with Crippen molar-refractivity contribution in [1.82, 2.24) is 19.8 Å². The number of amides is 1. The summed E-state index contributed by atoms with van der Waals surface area (Å²) >= 11 is 1.51. The fourth-order valence-corrected chi connectivity index (χ4v) is 5.68. The maximum Gasteiger partial charge on any atom is 0.265 e. The first kappa shape index (κ1) is 22.6. The smallest absolute Gasteiger partial charge is 0.265 e. The molecule has 0 N–H and O–H groups in total. The summed E-state index contributed by atoms with van der Waals surface area (Å²) in [5.74, 6) is 0.695. The number of aromatic nitrogens is 2. The van der Waals surface area contributed by atoms with E-state index in [2.05, 4.69) is 58.3 Å². The molecule has 5 nitrogen and oxygen atoms in total. The molecule has 1 atom stereocenters. The molecule has 1 aromatic carbocycles. The predicted molar refractivity (Wildman–Crippen MR) is 130 cm³/mol. The highest BCUT2D eigenvalue weighted by atomic mass is 32.1. The van der Waals surface area contributed by atoms with Gasteiger partial charge >= 0.3 is 0 Å². The van der Waals surface area contributed by atoms with Gasteiger partial charge in [-0.3, -0.25) is 14.7 Å². The van der Waals surface area contributed by atoms with Gasteiger partial charge in [-0.1, -0.05) is 36.4 Å². The molecule has 168 valence electrons. The fraction of sp³-hybridized carbons (Fsp3) is 0.423. The van der Waals surface area contributed by atoms with Crippen LogP contribution in [0.25, 0.3) is 0 Å². The van der Waals surface area contributed by atoms with Crippen molar-refractivity contribution in [3.63, 3.8) is 0 Å². The van der Waals surface area contributed by atoms with Gasteiger partial charge in [-0.05, 0) is 63.3 Å². The number of likely N-dealkylation sites (tertiary alicyclic amines) is 1. The molecule has 0 saturated carbocycles. The van der Waals surface area contributed by atoms with Crippen LogP contribution in [0.1, 0.15) is 44.3 Å². The SMILES string of the molecule is Cc1nc(C)c(C(=O)N2CCC(C(Cc3ccccc3)N(C)Cc3cccnc3)CC2)s1. The summed E-state index contributed by atoms with van der Waals surface area (Å²) < 4.78 is 0. The monoisotopic (exact) mass is 448 g/mol. The third kappa shape index (κ3) is 5.43. The zero-order chi connectivity index (χ0) is 22.5. The number of benzene rings is 1. The zero-order valence-corrected chi connectivity index (χ0v) is 20.0. The Morgan fingerprint density at radius 2 is 1.84 bits per heavy atom. The molecule has 1 saturated heterocycles. The Bertz CT molecular complexity index is 1010. The summed E-state index contributed by atoms with van der Waals surface area (Å²) in [6.45, 7) is 6.40. The van der Waals surface area contributed by atoms with Crippen LogP contribution in [0.15, 0.2) is 54.9 Å². The Balaban J connectivity index is 1.45. The minimum Gasteiger partial charge on any atom is -0.338 e. The fourth-order valence-electron chi connectivity index (χ4n) is 4.80. The van der Waals surface area contributed by atoms with E-state index in [1.54, 1.807) is 0 Å². The van der Waals surface area contributed by atoms with Gasteiger partial charge in [-0.2, -0.15) is 0 Å². The van der Waals surface area contributed by atoms with Crippen LogP contribution in [0.2, 0.25) is 0 Å². The van der Waals surface area contributed by atoms with Crippen molar-refractivity contribution in [3.8, 4) is 0 Å². The van der Waals surface area contributed by atoms with Crippen LogP contribution >= 0.6 is 11.3 Å². The first-order chi connectivity index (χ1) is 15.5. The van der Waals surface area contributed by atoms with Crippen molar-refractivity contribution in [1.29, 1.82) is 0 Å². The van der Waals surface area contributed by atoms with Crippen molar-refractivity contribution in [2.75, 3.05) is 20.1 Å². The number of aryl methyl sites for hydroxylation is 2. The van der Waals surface area contributed by atoms with Gasteiger partial charge in [-0.25, -0.2) is 4.98 Å². The minimum atomic E-state index is 0.148. The van der Waals surface area contributed by atoms with Crippen LogP contribution in [0.3, 0.4) is 0 Å². The van der Waals surface area contributed by atoms with E-state index in [-0.39, 0.29) is 5.91 Å². The zero-order valence-electron chi connectivity index (χ0n) is 19.2. The number of hydrogen-bond donors (Lipinski definition) is 0. The third-order valence-corrected chi connectivity index (χ3v) is 7.54. The summed E-state index contributed by atoms with van der Waals surface area (Å²) in [5.41, 5.74) is 3.46. The molecule has 0 spiro atoms. The van der Waals surface area contributed by atoms with E-state index in [1.807, 2.05) is 37.2 Å². The van der Waals surface area contributed by atoms with E-state index in [0.717, 1.165) is 54.5 Å². The summed E-state index contributed by atoms with van der Waals surface area (Å²) in [5, 5.41) is 0.959. The second-order valence-corrected chi connectivity index (χ2v) is 10.0. The highest BCUT2D eigenvalue weighted by Gasteiger charge is 2.32. The number of piperidine rings is 1. The molecular weight excluding hydrogens is 416 g/mol. The molecule has 1 unspecified atom stereocenters. The lowest BCUT2D eigenvalue weighted by molar-refractivity contribution is 0.0606. The Morgan fingerprint density at radius 3 is 2.47 bits per heavy atom. The van der Waals surface area contributed by atoms with Crippen molar-refractivity contribution in [3.05, 3.63) is 81.6 Å². The molecule has 3 heterocycles. The summed E-state index contributed by atoms with van der Waals surface area (Å²) in [6, 6.07) is 15.3. The molecular formula is C26H32N4OS. The van der Waals surface area contributed by atoms with Crippen molar-refractivity contribution < 1.29 is 4.79 Å². The molecule has 0 bridgehead atoms. The lowest BCUT2D eigenvalue weighted by Crippen LogP contribution is -2.46. The maximum absolute atomic E-state index is 13.1. The molecule has 1 aliphatic rings. The highest BCUT2D eigenvalue weighted by Crippen LogP contribution is 2.29. The maximum atomic E-state index is 13.1. The Morgan fingerprint density at radius 1 is 1.12 bits per heavy atom. The highest BCUT2D eigenvalue weighted by molar-refractivity contribution is 7.13. The Hall–Kier alpha value is -2.57. The van der Waals surface area contributed by atoms with Gasteiger partial charge in [0.2, 0.25) is 0 Å². The van der Waals surface area contributed by atoms with Gasteiger partial charge in [0.05, 0.1) is 10.7 Å². The summed E-state index contributed by atoms with van der Waals surface area (Å²) in [7, 11) is 2.22. The molecule has 1 amide bonds. The largest absolute Gasteiger partial charge is 0.338 e. The van der Waals surface area contributed by atoms with Crippen molar-refractivity contribution >= 4 is 17.2 Å². The summed E-state index contributed by atoms with van der Waals surface area (Å²) in [6.07, 6.45) is 6.85. The Kier molecular flexibility index (Phi) is 7.33. The quantitative estimate of drug-likeness (QED) is 0.523. The van der Waals surface area contributed by atoms with E-state index in [9.17, 15) is 4.79 Å². The second kappa shape index (κ2) is 10.4. The summed E-state index contributed by atoms with van der Waals surface area (Å²) in [4.78, 5) is 27.1. The molecule has 3 aromatic rings. The topological polar surface area (TPSA) is 49.3 Å². The molecule has 2 aromatic heterocycles. The van der Waals surface area contributed by atoms with E-state index >= 15 is 0 Å². The number of likely N-dealkylation sites (N-methyl/N-ethyl adjacent to an activating group) is 1. The van der Waals surface area contributed by atoms with Gasteiger partial charge in [0.25, 0.3) is 5.91 Å².